The van der Waals surface area contributed by atoms with Gasteiger partial charge in [0.15, 0.2) is 23.5 Å². The third-order valence-corrected chi connectivity index (χ3v) is 4.79. The number of imidazole rings is 1. The highest BCUT2D eigenvalue weighted by Crippen LogP contribution is 2.33. The Morgan fingerprint density at radius 1 is 1.38 bits per heavy atom. The molecule has 154 valence electrons. The van der Waals surface area contributed by atoms with Crippen LogP contribution in [-0.2, 0) is 14.3 Å². The number of ketones is 1. The molecule has 0 aromatic carbocycles. The van der Waals surface area contributed by atoms with Gasteiger partial charge in [-0.1, -0.05) is 0 Å². The Labute approximate surface area is 165 Å². The third-order valence-electron chi connectivity index (χ3n) is 4.79. The largest absolute Gasteiger partial charge is 0.501 e. The van der Waals surface area contributed by atoms with Crippen molar-refractivity contribution in [2.75, 3.05) is 18.9 Å². The lowest BCUT2D eigenvalue weighted by Crippen LogP contribution is -2.34. The minimum Gasteiger partial charge on any atom is -0.501 e. The van der Waals surface area contributed by atoms with E-state index in [0.29, 0.717) is 13.2 Å². The maximum absolute atomic E-state index is 11.6. The Balaban J connectivity index is 1.61. The number of anilines is 1. The summed E-state index contributed by atoms with van der Waals surface area (Å²) in [6.45, 7) is 2.34. The van der Waals surface area contributed by atoms with Crippen molar-refractivity contribution in [2.45, 2.75) is 44.3 Å². The first kappa shape index (κ1) is 19.4. The van der Waals surface area contributed by atoms with Crippen molar-refractivity contribution >= 4 is 28.7 Å². The molecular weight excluding hydrogens is 382 g/mol. The number of carbonyl (C=O) groups excluding carboxylic acids is 1. The highest BCUT2D eigenvalue weighted by atomic mass is 16.6. The van der Waals surface area contributed by atoms with Crippen molar-refractivity contribution < 1.29 is 24.5 Å². The van der Waals surface area contributed by atoms with E-state index in [-0.39, 0.29) is 22.9 Å². The lowest BCUT2D eigenvalue weighted by molar-refractivity contribution is -0.133. The van der Waals surface area contributed by atoms with Crippen LogP contribution in [0.25, 0.3) is 11.2 Å². The van der Waals surface area contributed by atoms with E-state index < -0.39 is 30.3 Å². The van der Waals surface area contributed by atoms with E-state index in [9.17, 15) is 15.0 Å². The SMILES string of the molecule is CC(=O)[C@H]1O[C@@H](n2cnc3c(N)nc(N=NCC4=COCCC4)nc32)[C@H](O)[C@@H]1O. The molecule has 12 nitrogen and oxygen atoms in total. The van der Waals surface area contributed by atoms with Gasteiger partial charge in [-0.05, 0) is 25.3 Å². The number of Topliss-reactive ketones (excluding diaryl/α,β-unsaturated/α-hetero) is 1. The molecule has 2 aromatic heterocycles. The van der Waals surface area contributed by atoms with Crippen molar-refractivity contribution in [3.8, 4) is 0 Å². The molecule has 12 heteroatoms. The zero-order valence-corrected chi connectivity index (χ0v) is 15.7. The highest BCUT2D eigenvalue weighted by molar-refractivity contribution is 5.83. The lowest BCUT2D eigenvalue weighted by atomic mass is 10.1. The van der Waals surface area contributed by atoms with E-state index in [1.54, 1.807) is 6.26 Å². The molecule has 4 heterocycles. The molecule has 2 aromatic rings. The molecule has 0 spiro atoms. The zero-order chi connectivity index (χ0) is 20.5. The van der Waals surface area contributed by atoms with Crippen molar-refractivity contribution in [1.82, 2.24) is 19.5 Å². The van der Waals surface area contributed by atoms with Gasteiger partial charge in [0.05, 0.1) is 25.7 Å². The Bertz CT molecular complexity index is 988. The minimum absolute atomic E-state index is 0.0187. The van der Waals surface area contributed by atoms with Gasteiger partial charge < -0.3 is 25.4 Å². The number of rotatable bonds is 5. The van der Waals surface area contributed by atoms with Gasteiger partial charge in [0.25, 0.3) is 5.95 Å². The second-order valence-corrected chi connectivity index (χ2v) is 6.92. The number of nitrogen functional groups attached to an aromatic ring is 1. The van der Waals surface area contributed by atoms with Crippen LogP contribution in [0.3, 0.4) is 0 Å². The Morgan fingerprint density at radius 2 is 2.21 bits per heavy atom. The zero-order valence-electron chi connectivity index (χ0n) is 15.7. The standard InChI is InChI=1S/C17H21N7O5/c1-8(25)13-11(26)12(27)16(29-13)24-7-19-10-14(18)21-17(22-15(10)24)23-20-5-9-3-2-4-28-6-9/h6-7,11-13,16,26-27H,2-5H2,1H3,(H2,18,21,22)/t11-,12+,13+,16+/m0/s1. The average molecular weight is 403 g/mol. The molecule has 4 rings (SSSR count). The van der Waals surface area contributed by atoms with Gasteiger partial charge in [0.2, 0.25) is 0 Å². The van der Waals surface area contributed by atoms with E-state index >= 15 is 0 Å². The van der Waals surface area contributed by atoms with Gasteiger partial charge in [-0.15, -0.1) is 5.11 Å². The van der Waals surface area contributed by atoms with Crippen LogP contribution >= 0.6 is 0 Å². The van der Waals surface area contributed by atoms with Gasteiger partial charge in [-0.25, -0.2) is 4.98 Å². The molecule has 0 aliphatic carbocycles. The van der Waals surface area contributed by atoms with Crippen molar-refractivity contribution in [2.24, 2.45) is 10.2 Å². The monoisotopic (exact) mass is 403 g/mol. The summed E-state index contributed by atoms with van der Waals surface area (Å²) in [5.74, 6) is -0.294. The summed E-state index contributed by atoms with van der Waals surface area (Å²) in [5, 5.41) is 28.5. The summed E-state index contributed by atoms with van der Waals surface area (Å²) in [7, 11) is 0. The molecule has 0 unspecified atom stereocenters. The molecule has 0 radical (unpaired) electrons. The maximum Gasteiger partial charge on any atom is 0.272 e. The quantitative estimate of drug-likeness (QED) is 0.597. The predicted molar refractivity (Wildman–Crippen MR) is 99.0 cm³/mol. The summed E-state index contributed by atoms with van der Waals surface area (Å²) < 4.78 is 12.2. The van der Waals surface area contributed by atoms with Crippen molar-refractivity contribution in [1.29, 1.82) is 0 Å². The second-order valence-electron chi connectivity index (χ2n) is 6.92. The summed E-state index contributed by atoms with van der Waals surface area (Å²) in [5.41, 5.74) is 7.50. The molecule has 2 aliphatic heterocycles. The van der Waals surface area contributed by atoms with Crippen LogP contribution in [0, 0.1) is 0 Å². The van der Waals surface area contributed by atoms with Crippen LogP contribution in [0.2, 0.25) is 0 Å². The number of nitrogens with two attached hydrogens (primary N) is 1. The van der Waals surface area contributed by atoms with Gasteiger partial charge >= 0.3 is 0 Å². The summed E-state index contributed by atoms with van der Waals surface area (Å²) in [6.07, 6.45) is -0.0449. The van der Waals surface area contributed by atoms with Crippen LogP contribution in [0.1, 0.15) is 26.0 Å². The lowest BCUT2D eigenvalue weighted by Gasteiger charge is -2.16. The molecule has 0 saturated carbocycles. The molecule has 4 N–H and O–H groups in total. The van der Waals surface area contributed by atoms with E-state index in [1.165, 1.54) is 17.8 Å². The van der Waals surface area contributed by atoms with E-state index in [0.717, 1.165) is 18.4 Å². The first-order valence-corrected chi connectivity index (χ1v) is 9.15. The van der Waals surface area contributed by atoms with Gasteiger partial charge in [-0.2, -0.15) is 15.1 Å². The highest BCUT2D eigenvalue weighted by Gasteiger charge is 2.46. The predicted octanol–water partition coefficient (Wildman–Crippen LogP) is 0.395. The maximum atomic E-state index is 11.6. The fraction of sp³-hybridized carbons (Fsp3) is 0.529. The van der Waals surface area contributed by atoms with Gasteiger partial charge in [0.1, 0.15) is 23.8 Å². The number of nitrogens with zero attached hydrogens (tertiary/aromatic N) is 6. The molecule has 29 heavy (non-hydrogen) atoms. The van der Waals surface area contributed by atoms with E-state index in [4.69, 9.17) is 15.2 Å². The number of aliphatic hydroxyl groups is 2. The number of azo groups is 1. The van der Waals surface area contributed by atoms with Crippen LogP contribution < -0.4 is 5.73 Å². The summed E-state index contributed by atoms with van der Waals surface area (Å²) in [6, 6.07) is 0. The number of aliphatic hydroxyl groups excluding tert-OH is 2. The van der Waals surface area contributed by atoms with Crippen molar-refractivity contribution in [3.63, 3.8) is 0 Å². The van der Waals surface area contributed by atoms with E-state index in [2.05, 4.69) is 25.2 Å². The minimum atomic E-state index is -1.36. The smallest absolute Gasteiger partial charge is 0.272 e. The van der Waals surface area contributed by atoms with Crippen LogP contribution in [0.4, 0.5) is 11.8 Å². The topological polar surface area (TPSA) is 170 Å². The fourth-order valence-electron chi connectivity index (χ4n) is 3.31. The second kappa shape index (κ2) is 7.81. The number of ether oxygens (including phenoxy) is 2. The molecule has 1 fully saturated rings. The summed E-state index contributed by atoms with van der Waals surface area (Å²) >= 11 is 0. The Kier molecular flexibility index (Phi) is 5.22. The van der Waals surface area contributed by atoms with Crippen LogP contribution in [0.5, 0.6) is 0 Å². The molecular formula is C17H21N7O5. The number of hydrogen-bond donors (Lipinski definition) is 3. The third kappa shape index (κ3) is 3.69. The van der Waals surface area contributed by atoms with E-state index in [1.807, 2.05) is 0 Å². The van der Waals surface area contributed by atoms with Crippen LogP contribution in [-0.4, -0.2) is 67.0 Å². The molecule has 4 atom stereocenters. The van der Waals surface area contributed by atoms with Crippen LogP contribution in [0.15, 0.2) is 28.4 Å². The first-order valence-electron chi connectivity index (χ1n) is 9.15. The average Bonchev–Trinajstić information content (AvgIpc) is 3.25. The van der Waals surface area contributed by atoms with Gasteiger partial charge in [-0.3, -0.25) is 9.36 Å². The molecule has 0 amide bonds. The normalized spacial score (nSPS) is 27.3. The number of aromatic nitrogens is 4. The fourth-order valence-corrected chi connectivity index (χ4v) is 3.31. The Hall–Kier alpha value is -2.96. The Morgan fingerprint density at radius 3 is 2.90 bits per heavy atom. The number of carbonyl (C=O) groups is 1. The molecule has 2 aliphatic rings. The summed E-state index contributed by atoms with van der Waals surface area (Å²) in [4.78, 5) is 24.1. The number of hydrogen-bond acceptors (Lipinski definition) is 11. The molecule has 1 saturated heterocycles. The first-order chi connectivity index (χ1) is 14.0. The number of fused-ring (bicyclic) bond motifs is 1. The molecule has 0 bridgehead atoms. The van der Waals surface area contributed by atoms with Gasteiger partial charge in [0, 0.05) is 0 Å². The van der Waals surface area contributed by atoms with Crippen molar-refractivity contribution in [3.05, 3.63) is 18.2 Å².